The zero-order chi connectivity index (χ0) is 32.0. The van der Waals surface area contributed by atoms with E-state index in [4.69, 9.17) is 0 Å². The summed E-state index contributed by atoms with van der Waals surface area (Å²) in [5.74, 6) is -1.79. The molecular formula is C31H55N7O5. The first-order valence-electron chi connectivity index (χ1n) is 16.1. The van der Waals surface area contributed by atoms with Crippen LogP contribution in [0.1, 0.15) is 98.3 Å². The van der Waals surface area contributed by atoms with Gasteiger partial charge < -0.3 is 31.9 Å². The number of amides is 4. The Balaban J connectivity index is 2.35. The molecule has 0 bridgehead atoms. The van der Waals surface area contributed by atoms with Crippen LogP contribution < -0.4 is 31.9 Å². The van der Waals surface area contributed by atoms with Gasteiger partial charge in [0.05, 0.1) is 5.54 Å². The first kappa shape index (κ1) is 36.0. The lowest BCUT2D eigenvalue weighted by atomic mass is 9.83. The van der Waals surface area contributed by atoms with Gasteiger partial charge in [0.2, 0.25) is 23.6 Å². The van der Waals surface area contributed by atoms with Crippen molar-refractivity contribution in [2.75, 3.05) is 27.2 Å². The van der Waals surface area contributed by atoms with E-state index in [0.717, 1.165) is 25.7 Å². The number of nitrogens with one attached hydrogen (secondary N) is 6. The monoisotopic (exact) mass is 605 g/mol. The second-order valence-corrected chi connectivity index (χ2v) is 12.5. The summed E-state index contributed by atoms with van der Waals surface area (Å²) in [5, 5.41) is 17.7. The maximum atomic E-state index is 13.8. The minimum atomic E-state index is -1.28. The molecule has 1 aliphatic carbocycles. The van der Waals surface area contributed by atoms with Gasteiger partial charge in [0, 0.05) is 45.4 Å². The summed E-state index contributed by atoms with van der Waals surface area (Å²) in [6.07, 6.45) is 7.27. The third kappa shape index (κ3) is 11.4. The molecule has 0 aromatic heterocycles. The van der Waals surface area contributed by atoms with Gasteiger partial charge in [-0.15, -0.1) is 0 Å². The van der Waals surface area contributed by atoms with E-state index < -0.39 is 35.4 Å². The molecule has 1 aliphatic heterocycles. The summed E-state index contributed by atoms with van der Waals surface area (Å²) in [7, 11) is 3.41. The molecule has 244 valence electrons. The molecule has 12 nitrogen and oxygen atoms in total. The Morgan fingerprint density at radius 3 is 2.30 bits per heavy atom. The number of hydrogen-bond acceptors (Lipinski definition) is 6. The summed E-state index contributed by atoms with van der Waals surface area (Å²) < 4.78 is 0. The molecule has 43 heavy (non-hydrogen) atoms. The van der Waals surface area contributed by atoms with Gasteiger partial charge in [-0.25, -0.2) is 0 Å². The van der Waals surface area contributed by atoms with Crippen LogP contribution >= 0.6 is 0 Å². The van der Waals surface area contributed by atoms with Gasteiger partial charge in [-0.2, -0.15) is 0 Å². The maximum Gasteiger partial charge on any atom is 0.243 e. The standard InChI is InChI=1S/C31H55N7O5/c1-7-23-29(43)37-24(18-21-12-9-8-10-13-21)28(42)34-17-15-31(4,38-26(40)20(2)3)25(39)19-22(27(41)36-23)14-11-16-35-30(32-5)33-6/h20-24H,7-19H2,1-6H3,(H,34,42)(H,36,41)(H,37,43)(H,38,40)(H2,32,33,35)/t22-,23+,24-,31-/m1/s1. The van der Waals surface area contributed by atoms with Crippen LogP contribution in [0.2, 0.25) is 0 Å². The zero-order valence-corrected chi connectivity index (χ0v) is 27.1. The molecule has 0 aromatic carbocycles. The molecular weight excluding hydrogens is 550 g/mol. The third-order valence-electron chi connectivity index (χ3n) is 8.72. The molecule has 4 amide bonds. The van der Waals surface area contributed by atoms with Crippen LogP contribution in [0.5, 0.6) is 0 Å². The Labute approximate surface area is 257 Å². The normalized spacial score (nSPS) is 27.0. The molecule has 0 aromatic rings. The van der Waals surface area contributed by atoms with Crippen LogP contribution in [-0.4, -0.2) is 80.2 Å². The van der Waals surface area contributed by atoms with Crippen LogP contribution in [0.4, 0.5) is 0 Å². The highest BCUT2D eigenvalue weighted by Crippen LogP contribution is 2.28. The zero-order valence-electron chi connectivity index (χ0n) is 27.1. The summed E-state index contributed by atoms with van der Waals surface area (Å²) in [4.78, 5) is 71.1. The van der Waals surface area contributed by atoms with E-state index in [-0.39, 0.29) is 42.9 Å². The summed E-state index contributed by atoms with van der Waals surface area (Å²) in [6.45, 7) is 7.63. The van der Waals surface area contributed by atoms with Crippen molar-refractivity contribution in [2.45, 2.75) is 116 Å². The van der Waals surface area contributed by atoms with Crippen molar-refractivity contribution >= 4 is 35.4 Å². The van der Waals surface area contributed by atoms with Gasteiger partial charge in [0.15, 0.2) is 11.7 Å². The van der Waals surface area contributed by atoms with Gasteiger partial charge in [-0.3, -0.25) is 29.0 Å². The predicted octanol–water partition coefficient (Wildman–Crippen LogP) is 1.54. The molecule has 1 saturated heterocycles. The van der Waals surface area contributed by atoms with Crippen molar-refractivity contribution in [2.24, 2.45) is 22.7 Å². The summed E-state index contributed by atoms with van der Waals surface area (Å²) in [5.41, 5.74) is -1.28. The number of rotatable bonds is 9. The predicted molar refractivity (Wildman–Crippen MR) is 167 cm³/mol. The lowest BCUT2D eigenvalue weighted by Crippen LogP contribution is -2.58. The van der Waals surface area contributed by atoms with E-state index in [2.05, 4.69) is 36.9 Å². The minimum Gasteiger partial charge on any atom is -0.359 e. The lowest BCUT2D eigenvalue weighted by molar-refractivity contribution is -0.137. The molecule has 4 atom stereocenters. The van der Waals surface area contributed by atoms with Gasteiger partial charge in [0.25, 0.3) is 0 Å². The Kier molecular flexibility index (Phi) is 14.9. The number of hydrogen-bond donors (Lipinski definition) is 6. The van der Waals surface area contributed by atoms with Crippen LogP contribution in [0.15, 0.2) is 4.99 Å². The van der Waals surface area contributed by atoms with Crippen molar-refractivity contribution in [3.63, 3.8) is 0 Å². The molecule has 0 unspecified atom stereocenters. The van der Waals surface area contributed by atoms with Crippen LogP contribution in [-0.2, 0) is 24.0 Å². The molecule has 2 fully saturated rings. The van der Waals surface area contributed by atoms with Gasteiger partial charge >= 0.3 is 0 Å². The first-order chi connectivity index (χ1) is 20.4. The number of aliphatic imine (C=N–C) groups is 1. The van der Waals surface area contributed by atoms with Crippen LogP contribution in [0, 0.1) is 17.8 Å². The van der Waals surface area contributed by atoms with E-state index in [9.17, 15) is 24.0 Å². The highest BCUT2D eigenvalue weighted by atomic mass is 16.2. The topological polar surface area (TPSA) is 170 Å². The Morgan fingerprint density at radius 2 is 1.70 bits per heavy atom. The molecule has 1 heterocycles. The van der Waals surface area contributed by atoms with Crippen molar-refractivity contribution in [3.8, 4) is 0 Å². The lowest BCUT2D eigenvalue weighted by Gasteiger charge is -2.33. The SMILES string of the molecule is CC[C@@H]1NC(=O)[C@H](CCCNC(=NC)NC)CC(=O)[C@](C)(NC(=O)C(C)C)CCNC(=O)[C@@H](CC2CCCCC2)NC1=O. The van der Waals surface area contributed by atoms with E-state index >= 15 is 0 Å². The van der Waals surface area contributed by atoms with Gasteiger partial charge in [-0.05, 0) is 44.9 Å². The highest BCUT2D eigenvalue weighted by molar-refractivity contribution is 5.97. The van der Waals surface area contributed by atoms with Crippen molar-refractivity contribution < 1.29 is 24.0 Å². The number of carbonyl (C=O) groups is 5. The smallest absolute Gasteiger partial charge is 0.243 e. The fourth-order valence-electron chi connectivity index (χ4n) is 5.76. The highest BCUT2D eigenvalue weighted by Gasteiger charge is 2.39. The van der Waals surface area contributed by atoms with Crippen molar-refractivity contribution in [3.05, 3.63) is 0 Å². The number of Topliss-reactive ketones (excluding diaryl/α,β-unsaturated/α-hetero) is 1. The van der Waals surface area contributed by atoms with Crippen molar-refractivity contribution in [1.29, 1.82) is 0 Å². The molecule has 2 rings (SSSR count). The number of carbonyl (C=O) groups excluding carboxylic acids is 5. The average Bonchev–Trinajstić information content (AvgIpc) is 2.98. The Bertz CT molecular complexity index is 995. The first-order valence-corrected chi connectivity index (χ1v) is 16.1. The van der Waals surface area contributed by atoms with E-state index in [1.54, 1.807) is 41.8 Å². The third-order valence-corrected chi connectivity index (χ3v) is 8.72. The van der Waals surface area contributed by atoms with E-state index in [1.807, 2.05) is 0 Å². The Hall–Kier alpha value is -3.18. The van der Waals surface area contributed by atoms with Gasteiger partial charge in [0.1, 0.15) is 12.1 Å². The van der Waals surface area contributed by atoms with Crippen molar-refractivity contribution in [1.82, 2.24) is 31.9 Å². The van der Waals surface area contributed by atoms with E-state index in [0.29, 0.717) is 44.1 Å². The number of guanidine groups is 1. The van der Waals surface area contributed by atoms with E-state index in [1.165, 1.54) is 6.42 Å². The summed E-state index contributed by atoms with van der Waals surface area (Å²) in [6, 6.07) is -1.59. The largest absolute Gasteiger partial charge is 0.359 e. The Morgan fingerprint density at radius 1 is 1.02 bits per heavy atom. The second kappa shape index (κ2) is 17.8. The van der Waals surface area contributed by atoms with Crippen LogP contribution in [0.3, 0.4) is 0 Å². The maximum absolute atomic E-state index is 13.8. The molecule has 0 spiro atoms. The number of nitrogens with zero attached hydrogens (tertiary/aromatic N) is 1. The fourth-order valence-corrected chi connectivity index (χ4v) is 5.76. The molecule has 12 heteroatoms. The van der Waals surface area contributed by atoms with Crippen LogP contribution in [0.25, 0.3) is 0 Å². The molecule has 1 saturated carbocycles. The number of ketones is 1. The fraction of sp³-hybridized carbons (Fsp3) is 0.806. The molecule has 2 aliphatic rings. The molecule has 0 radical (unpaired) electrons. The minimum absolute atomic E-state index is 0.113. The quantitative estimate of drug-likeness (QED) is 0.132. The molecule has 6 N–H and O–H groups in total. The second-order valence-electron chi connectivity index (χ2n) is 12.5. The summed E-state index contributed by atoms with van der Waals surface area (Å²) >= 11 is 0. The van der Waals surface area contributed by atoms with Gasteiger partial charge in [-0.1, -0.05) is 52.9 Å². The average molecular weight is 606 g/mol.